The highest BCUT2D eigenvalue weighted by Crippen LogP contribution is 2.04. The Balaban J connectivity index is 2.80. The molecular weight excluding hydrogens is 208 g/mol. The van der Waals surface area contributed by atoms with Crippen molar-refractivity contribution < 1.29 is 18.0 Å². The van der Waals surface area contributed by atoms with Gasteiger partial charge in [-0.25, -0.2) is 22.8 Å². The highest BCUT2D eigenvalue weighted by Gasteiger charge is 2.30. The molecule has 68 valence electrons. The molecule has 0 unspecified atom stereocenters. The number of hydrogen-bond acceptors (Lipinski definition) is 4. The van der Waals surface area contributed by atoms with E-state index in [2.05, 4.69) is 0 Å². The van der Waals surface area contributed by atoms with Crippen molar-refractivity contribution in [3.63, 3.8) is 0 Å². The molecule has 12 heavy (non-hydrogen) atoms. The summed E-state index contributed by atoms with van der Waals surface area (Å²) in [4.78, 5) is 21.9. The minimum atomic E-state index is -3.55. The lowest BCUT2D eigenvalue weighted by atomic mass is 10.6. The number of urea groups is 1. The molecule has 0 bridgehead atoms. The molecule has 1 aliphatic heterocycles. The van der Waals surface area contributed by atoms with E-state index >= 15 is 0 Å². The molecule has 1 fully saturated rings. The van der Waals surface area contributed by atoms with Gasteiger partial charge in [-0.1, -0.05) is 0 Å². The first kappa shape index (κ1) is 9.27. The van der Waals surface area contributed by atoms with Crippen LogP contribution in [0.3, 0.4) is 0 Å². The molecule has 0 spiro atoms. The monoisotopic (exact) mass is 212 g/mol. The zero-order chi connectivity index (χ0) is 9.35. The summed E-state index contributed by atoms with van der Waals surface area (Å²) in [5.41, 5.74) is 0. The molecule has 1 aliphatic rings. The molecule has 3 amide bonds. The number of hydrogen-bond donors (Lipinski definition) is 1. The van der Waals surface area contributed by atoms with E-state index in [0.29, 0.717) is 4.90 Å². The topological polar surface area (TPSA) is 83.6 Å². The Bertz CT molecular complexity index is 324. The van der Waals surface area contributed by atoms with Crippen LogP contribution in [-0.4, -0.2) is 37.0 Å². The quantitative estimate of drug-likeness (QED) is 0.441. The average Bonchev–Trinajstić information content (AvgIpc) is 1.83. The summed E-state index contributed by atoms with van der Waals surface area (Å²) in [5, 5.41) is -0.984. The van der Waals surface area contributed by atoms with Crippen LogP contribution in [0.5, 0.6) is 0 Å². The average molecular weight is 213 g/mol. The van der Waals surface area contributed by atoms with E-state index in [-0.39, 0.29) is 12.3 Å². The Hall–Kier alpha value is -0.820. The van der Waals surface area contributed by atoms with Crippen molar-refractivity contribution in [2.45, 2.75) is 0 Å². The summed E-state index contributed by atoms with van der Waals surface area (Å²) in [7, 11) is -3.55. The van der Waals surface area contributed by atoms with Gasteiger partial charge in [-0.2, -0.15) is 0 Å². The van der Waals surface area contributed by atoms with Crippen LogP contribution in [0.1, 0.15) is 0 Å². The van der Waals surface area contributed by atoms with Crippen LogP contribution in [0.4, 0.5) is 9.59 Å². The number of halogens is 1. The first-order valence-electron chi connectivity index (χ1n) is 2.94. The number of rotatable bonds is 0. The van der Waals surface area contributed by atoms with Crippen molar-refractivity contribution >= 4 is 33.0 Å². The largest absolute Gasteiger partial charge is 0.338 e. The third-order valence-corrected chi connectivity index (χ3v) is 2.69. The SMILES string of the molecule is O=C(Cl)N1CCS(=O)(=O)NC1=O. The minimum absolute atomic E-state index is 0.198. The van der Waals surface area contributed by atoms with Gasteiger partial charge in [0.05, 0.1) is 5.75 Å². The molecule has 0 radical (unpaired) electrons. The maximum Gasteiger partial charge on any atom is 0.338 e. The van der Waals surface area contributed by atoms with Crippen molar-refractivity contribution in [3.05, 3.63) is 0 Å². The molecular formula is C4H5ClN2O4S. The highest BCUT2D eigenvalue weighted by molar-refractivity contribution is 7.90. The van der Waals surface area contributed by atoms with Gasteiger partial charge < -0.3 is 0 Å². The smallest absolute Gasteiger partial charge is 0.255 e. The standard InChI is InChI=1S/C4H5ClN2O4S/c5-3(8)7-1-2-12(10,11)6-4(7)9/h1-2H2,(H,6,9). The number of imide groups is 1. The molecule has 8 heteroatoms. The number of nitrogens with zero attached hydrogens (tertiary/aromatic N) is 1. The predicted molar refractivity (Wildman–Crippen MR) is 40.3 cm³/mol. The second-order valence-electron chi connectivity index (χ2n) is 2.13. The highest BCUT2D eigenvalue weighted by atomic mass is 35.5. The van der Waals surface area contributed by atoms with E-state index in [1.807, 2.05) is 0 Å². The normalized spacial score (nSPS) is 21.8. The molecule has 0 aromatic heterocycles. The minimum Gasteiger partial charge on any atom is -0.255 e. The number of amides is 3. The van der Waals surface area contributed by atoms with E-state index < -0.39 is 21.4 Å². The van der Waals surface area contributed by atoms with Gasteiger partial charge >= 0.3 is 11.4 Å². The van der Waals surface area contributed by atoms with Crippen LogP contribution in [0.15, 0.2) is 0 Å². The second-order valence-corrected chi connectivity index (χ2v) is 4.30. The number of sulfonamides is 1. The number of carbonyl (C=O) groups excluding carboxylic acids is 2. The number of nitrogens with one attached hydrogen (secondary N) is 1. The lowest BCUT2D eigenvalue weighted by molar-refractivity contribution is 0.203. The maximum absolute atomic E-state index is 10.8. The number of carbonyl (C=O) groups is 2. The van der Waals surface area contributed by atoms with Gasteiger partial charge in [0.15, 0.2) is 0 Å². The first-order chi connectivity index (χ1) is 5.42. The molecule has 1 N–H and O–H groups in total. The van der Waals surface area contributed by atoms with Crippen LogP contribution in [-0.2, 0) is 10.0 Å². The van der Waals surface area contributed by atoms with Crippen molar-refractivity contribution in [2.75, 3.05) is 12.3 Å². The van der Waals surface area contributed by atoms with E-state index in [0.717, 1.165) is 0 Å². The zero-order valence-corrected chi connectivity index (χ0v) is 7.35. The maximum atomic E-state index is 10.8. The van der Waals surface area contributed by atoms with E-state index in [1.165, 1.54) is 0 Å². The van der Waals surface area contributed by atoms with Gasteiger partial charge in [0.2, 0.25) is 10.0 Å². The Labute approximate surface area is 73.5 Å². The molecule has 1 heterocycles. The van der Waals surface area contributed by atoms with Crippen LogP contribution in [0.2, 0.25) is 0 Å². The predicted octanol–water partition coefficient (Wildman–Crippen LogP) is -0.300. The Morgan fingerprint density at radius 3 is 2.58 bits per heavy atom. The molecule has 0 atom stereocenters. The molecule has 6 nitrogen and oxygen atoms in total. The second kappa shape index (κ2) is 2.91. The van der Waals surface area contributed by atoms with Gasteiger partial charge in [0.25, 0.3) is 0 Å². The van der Waals surface area contributed by atoms with Crippen molar-refractivity contribution in [1.29, 1.82) is 0 Å². The van der Waals surface area contributed by atoms with Gasteiger partial charge in [0.1, 0.15) is 0 Å². The first-order valence-corrected chi connectivity index (χ1v) is 4.97. The Morgan fingerprint density at radius 2 is 2.17 bits per heavy atom. The van der Waals surface area contributed by atoms with Crippen LogP contribution in [0.25, 0.3) is 0 Å². The van der Waals surface area contributed by atoms with Crippen LogP contribution in [0, 0.1) is 0 Å². The van der Waals surface area contributed by atoms with Gasteiger partial charge in [-0.3, -0.25) is 4.79 Å². The van der Waals surface area contributed by atoms with Crippen molar-refractivity contribution in [3.8, 4) is 0 Å². The summed E-state index contributed by atoms with van der Waals surface area (Å²) in [6.07, 6.45) is 0. The molecule has 0 saturated carbocycles. The Kier molecular flexibility index (Phi) is 2.25. The van der Waals surface area contributed by atoms with Crippen molar-refractivity contribution in [2.24, 2.45) is 0 Å². The van der Waals surface area contributed by atoms with Gasteiger partial charge in [-0.15, -0.1) is 0 Å². The molecule has 0 aromatic rings. The van der Waals surface area contributed by atoms with Crippen molar-refractivity contribution in [1.82, 2.24) is 9.62 Å². The fraction of sp³-hybridized carbons (Fsp3) is 0.500. The van der Waals surface area contributed by atoms with E-state index in [1.54, 1.807) is 4.72 Å². The van der Waals surface area contributed by atoms with E-state index in [9.17, 15) is 18.0 Å². The van der Waals surface area contributed by atoms with E-state index in [4.69, 9.17) is 11.6 Å². The molecule has 1 saturated heterocycles. The molecule has 0 aliphatic carbocycles. The molecule has 1 rings (SSSR count). The fourth-order valence-electron chi connectivity index (χ4n) is 0.720. The lowest BCUT2D eigenvalue weighted by Gasteiger charge is -2.22. The van der Waals surface area contributed by atoms with Gasteiger partial charge in [0, 0.05) is 6.54 Å². The fourth-order valence-corrected chi connectivity index (χ4v) is 1.78. The third-order valence-electron chi connectivity index (χ3n) is 1.28. The summed E-state index contributed by atoms with van der Waals surface area (Å²) in [6, 6.07) is -0.999. The lowest BCUT2D eigenvalue weighted by Crippen LogP contribution is -2.52. The summed E-state index contributed by atoms with van der Waals surface area (Å²) in [6.45, 7) is -0.198. The summed E-state index contributed by atoms with van der Waals surface area (Å²) in [5.74, 6) is -0.308. The Morgan fingerprint density at radius 1 is 1.58 bits per heavy atom. The summed E-state index contributed by atoms with van der Waals surface area (Å²) < 4.78 is 23.1. The van der Waals surface area contributed by atoms with Crippen LogP contribution < -0.4 is 4.72 Å². The van der Waals surface area contributed by atoms with Gasteiger partial charge in [-0.05, 0) is 11.6 Å². The molecule has 0 aromatic carbocycles. The zero-order valence-electron chi connectivity index (χ0n) is 5.78. The third kappa shape index (κ3) is 1.86. The van der Waals surface area contributed by atoms with Crippen LogP contribution >= 0.6 is 11.6 Å². The summed E-state index contributed by atoms with van der Waals surface area (Å²) >= 11 is 4.98.